The van der Waals surface area contributed by atoms with Crippen LogP contribution in [0.5, 0.6) is 17.2 Å². The van der Waals surface area contributed by atoms with Crippen LogP contribution in [0, 0.1) is 0 Å². The Morgan fingerprint density at radius 2 is 1.76 bits per heavy atom. The zero-order valence-corrected chi connectivity index (χ0v) is 23.7. The van der Waals surface area contributed by atoms with Gasteiger partial charge in [-0.2, -0.15) is 8.78 Å². The molecule has 1 aromatic heterocycles. The molecule has 2 heterocycles. The van der Waals surface area contributed by atoms with Gasteiger partial charge in [-0.25, -0.2) is 0 Å². The van der Waals surface area contributed by atoms with Crippen molar-refractivity contribution in [3.63, 3.8) is 0 Å². The molecule has 0 aliphatic carbocycles. The van der Waals surface area contributed by atoms with Crippen LogP contribution in [0.4, 0.5) is 8.78 Å². The predicted molar refractivity (Wildman–Crippen MR) is 152 cm³/mol. The van der Waals surface area contributed by atoms with Gasteiger partial charge in [-0.3, -0.25) is 9.36 Å². The maximum atomic E-state index is 13.3. The van der Waals surface area contributed by atoms with Gasteiger partial charge >= 0.3 is 6.61 Å². The number of halogens is 2. The third-order valence-corrected chi connectivity index (χ3v) is 7.33. The largest absolute Gasteiger partial charge is 0.494 e. The van der Waals surface area contributed by atoms with E-state index >= 15 is 0 Å². The van der Waals surface area contributed by atoms with Crippen molar-refractivity contribution in [1.82, 2.24) is 19.7 Å². The molecule has 0 radical (unpaired) electrons. The van der Waals surface area contributed by atoms with Gasteiger partial charge in [0.2, 0.25) is 5.91 Å². The first-order chi connectivity index (χ1) is 20.5. The minimum Gasteiger partial charge on any atom is -0.494 e. The lowest BCUT2D eigenvalue weighted by Gasteiger charge is -2.33. The number of hydrogen-bond donors (Lipinski definition) is 0. The summed E-state index contributed by atoms with van der Waals surface area (Å²) in [4.78, 5) is 15.0. The van der Waals surface area contributed by atoms with E-state index in [0.29, 0.717) is 48.6 Å². The van der Waals surface area contributed by atoms with Gasteiger partial charge in [0.1, 0.15) is 30.0 Å². The normalized spacial score (nSPS) is 15.0. The second-order valence-corrected chi connectivity index (χ2v) is 10.1. The monoisotopic (exact) mass is 596 g/mol. The highest BCUT2D eigenvalue weighted by molar-refractivity contribution is 7.99. The molecule has 12 heteroatoms. The van der Waals surface area contributed by atoms with E-state index in [9.17, 15) is 13.6 Å². The maximum Gasteiger partial charge on any atom is 0.387 e. The number of carbonyl (C=O) groups is 1. The molecule has 1 amide bonds. The van der Waals surface area contributed by atoms with Crippen molar-refractivity contribution in [3.05, 3.63) is 90.3 Å². The fraction of sp³-hybridized carbons (Fsp3) is 0.300. The number of thioether (sulfide) groups is 1. The van der Waals surface area contributed by atoms with Crippen molar-refractivity contribution >= 4 is 17.7 Å². The van der Waals surface area contributed by atoms with Gasteiger partial charge in [0.05, 0.1) is 25.5 Å². The molecule has 1 aliphatic heterocycles. The summed E-state index contributed by atoms with van der Waals surface area (Å²) < 4.78 is 49.1. The predicted octanol–water partition coefficient (Wildman–Crippen LogP) is 5.54. The van der Waals surface area contributed by atoms with E-state index in [-0.39, 0.29) is 24.0 Å². The highest BCUT2D eigenvalue weighted by Crippen LogP contribution is 2.28. The number of para-hydroxylation sites is 1. The van der Waals surface area contributed by atoms with Crippen LogP contribution in [-0.4, -0.2) is 64.2 Å². The quantitative estimate of drug-likeness (QED) is 0.197. The standard InChI is InChI=1S/C30H30F2N4O5S/c1-2-38-24-13-11-22(12-14-24)36-27(19-40-23-8-4-3-5-9-23)33-34-30(36)42-20-28(37)35-15-16-39-26(18-35)21-7-6-10-25(17-21)41-29(31)32/h3-14,17,26,29H,2,15-16,18-20H2,1H3. The van der Waals surface area contributed by atoms with Crippen molar-refractivity contribution in [2.24, 2.45) is 0 Å². The lowest BCUT2D eigenvalue weighted by molar-refractivity contribution is -0.136. The molecule has 0 spiro atoms. The van der Waals surface area contributed by atoms with Crippen LogP contribution in [0.3, 0.4) is 0 Å². The molecule has 1 atom stereocenters. The molecule has 1 saturated heterocycles. The van der Waals surface area contributed by atoms with Crippen LogP contribution >= 0.6 is 11.8 Å². The Bertz CT molecular complexity index is 1460. The van der Waals surface area contributed by atoms with Crippen molar-refractivity contribution in [3.8, 4) is 22.9 Å². The average Bonchev–Trinajstić information content (AvgIpc) is 3.42. The Kier molecular flexibility index (Phi) is 9.88. The van der Waals surface area contributed by atoms with Crippen LogP contribution in [0.1, 0.15) is 24.4 Å². The molecule has 1 aliphatic rings. The number of benzene rings is 3. The molecule has 220 valence electrons. The zero-order chi connectivity index (χ0) is 29.3. The number of nitrogens with zero attached hydrogens (tertiary/aromatic N) is 4. The molecule has 1 unspecified atom stereocenters. The van der Waals surface area contributed by atoms with Gasteiger partial charge in [0, 0.05) is 12.2 Å². The molecule has 0 N–H and O–H groups in total. The summed E-state index contributed by atoms with van der Waals surface area (Å²) in [6.07, 6.45) is -0.455. The first-order valence-electron chi connectivity index (χ1n) is 13.4. The fourth-order valence-corrected chi connectivity index (χ4v) is 5.33. The number of hydrogen-bond acceptors (Lipinski definition) is 8. The van der Waals surface area contributed by atoms with Gasteiger partial charge in [-0.1, -0.05) is 42.1 Å². The van der Waals surface area contributed by atoms with E-state index in [0.717, 1.165) is 11.4 Å². The van der Waals surface area contributed by atoms with E-state index in [1.807, 2.05) is 66.1 Å². The summed E-state index contributed by atoms with van der Waals surface area (Å²) >= 11 is 1.27. The number of alkyl halides is 2. The SMILES string of the molecule is CCOc1ccc(-n2c(COc3ccccc3)nnc2SCC(=O)N2CCOC(c3cccc(OC(F)F)c3)C2)cc1. The third kappa shape index (κ3) is 7.56. The van der Waals surface area contributed by atoms with Gasteiger partial charge in [-0.05, 0) is 61.0 Å². The van der Waals surface area contributed by atoms with E-state index in [1.165, 1.54) is 23.9 Å². The van der Waals surface area contributed by atoms with Crippen LogP contribution in [0.15, 0.2) is 84.0 Å². The highest BCUT2D eigenvalue weighted by atomic mass is 32.2. The van der Waals surface area contributed by atoms with Crippen molar-refractivity contribution in [1.29, 1.82) is 0 Å². The Morgan fingerprint density at radius 3 is 2.52 bits per heavy atom. The number of ether oxygens (including phenoxy) is 4. The summed E-state index contributed by atoms with van der Waals surface area (Å²) in [7, 11) is 0. The minimum atomic E-state index is -2.92. The second kappa shape index (κ2) is 14.1. The van der Waals surface area contributed by atoms with Gasteiger partial charge < -0.3 is 23.8 Å². The minimum absolute atomic E-state index is 0.0470. The summed E-state index contributed by atoms with van der Waals surface area (Å²) in [5.74, 6) is 2.10. The second-order valence-electron chi connectivity index (χ2n) is 9.20. The van der Waals surface area contributed by atoms with Gasteiger partial charge in [0.25, 0.3) is 0 Å². The van der Waals surface area contributed by atoms with E-state index in [4.69, 9.17) is 14.2 Å². The summed E-state index contributed by atoms with van der Waals surface area (Å²) in [6.45, 7) is 0.779. The number of amides is 1. The zero-order valence-electron chi connectivity index (χ0n) is 22.9. The highest BCUT2D eigenvalue weighted by Gasteiger charge is 2.27. The topological polar surface area (TPSA) is 87.9 Å². The Hall–Kier alpha value is -4.16. The Morgan fingerprint density at radius 1 is 1.00 bits per heavy atom. The molecule has 9 nitrogen and oxygen atoms in total. The first kappa shape index (κ1) is 29.3. The molecular formula is C30H30F2N4O5S. The molecular weight excluding hydrogens is 566 g/mol. The van der Waals surface area contributed by atoms with Crippen LogP contribution in [0.2, 0.25) is 0 Å². The molecule has 0 saturated carbocycles. The van der Waals surface area contributed by atoms with Gasteiger partial charge in [0.15, 0.2) is 11.0 Å². The van der Waals surface area contributed by atoms with E-state index in [2.05, 4.69) is 14.9 Å². The smallest absolute Gasteiger partial charge is 0.387 e. The van der Waals surface area contributed by atoms with Gasteiger partial charge in [-0.15, -0.1) is 10.2 Å². The van der Waals surface area contributed by atoms with E-state index in [1.54, 1.807) is 17.0 Å². The summed E-state index contributed by atoms with van der Waals surface area (Å²) in [6, 6.07) is 23.3. The number of aromatic nitrogens is 3. The van der Waals surface area contributed by atoms with Crippen LogP contribution in [-0.2, 0) is 16.1 Å². The number of rotatable bonds is 12. The average molecular weight is 597 g/mol. The molecule has 4 aromatic rings. The van der Waals surface area contributed by atoms with Crippen LogP contribution in [0.25, 0.3) is 5.69 Å². The van der Waals surface area contributed by atoms with Crippen LogP contribution < -0.4 is 14.2 Å². The Labute approximate surface area is 246 Å². The first-order valence-corrected chi connectivity index (χ1v) is 14.4. The molecule has 0 bridgehead atoms. The van der Waals surface area contributed by atoms with Crippen molar-refractivity contribution in [2.45, 2.75) is 31.4 Å². The molecule has 42 heavy (non-hydrogen) atoms. The third-order valence-electron chi connectivity index (χ3n) is 6.42. The lowest BCUT2D eigenvalue weighted by Crippen LogP contribution is -2.43. The maximum absolute atomic E-state index is 13.3. The molecule has 5 rings (SSSR count). The summed E-state index contributed by atoms with van der Waals surface area (Å²) in [5, 5.41) is 9.28. The lowest BCUT2D eigenvalue weighted by atomic mass is 10.1. The van der Waals surface area contributed by atoms with Crippen molar-refractivity contribution in [2.75, 3.05) is 32.1 Å². The van der Waals surface area contributed by atoms with E-state index < -0.39 is 12.7 Å². The number of morpholine rings is 1. The summed E-state index contributed by atoms with van der Waals surface area (Å²) in [5.41, 5.74) is 1.47. The fourth-order valence-electron chi connectivity index (χ4n) is 4.46. The molecule has 1 fully saturated rings. The number of carbonyl (C=O) groups excluding carboxylic acids is 1. The van der Waals surface area contributed by atoms with Crippen molar-refractivity contribution < 1.29 is 32.5 Å². The Balaban J connectivity index is 1.28. The molecule has 3 aromatic carbocycles.